The number of nitrogens with zero attached hydrogens (tertiary/aromatic N) is 5. The van der Waals surface area contributed by atoms with Crippen LogP contribution >= 0.6 is 11.6 Å². The van der Waals surface area contributed by atoms with E-state index in [0.717, 1.165) is 0 Å². The van der Waals surface area contributed by atoms with Gasteiger partial charge in [-0.2, -0.15) is 0 Å². The molecule has 4 rings (SSSR count). The largest absolute Gasteiger partial charge is 0.453 e. The van der Waals surface area contributed by atoms with Crippen molar-refractivity contribution in [1.82, 2.24) is 20.2 Å². The molecule has 0 fully saturated rings. The lowest BCUT2D eigenvalue weighted by atomic mass is 10.1. The zero-order chi connectivity index (χ0) is 19.8. The maximum atomic E-state index is 12.9. The van der Waals surface area contributed by atoms with Gasteiger partial charge in [-0.3, -0.25) is 15.0 Å². The second-order valence-electron chi connectivity index (χ2n) is 5.83. The Morgan fingerprint density at radius 1 is 1.32 bits per heavy atom. The number of aromatic nitrogens is 4. The third-order valence-electron chi connectivity index (χ3n) is 4.05. The molecular formula is C17H13ClN6O4. The minimum atomic E-state index is -0.713. The molecule has 2 amide bonds. The number of carbonyl (C=O) groups excluding carboxylic acids is 2. The van der Waals surface area contributed by atoms with Gasteiger partial charge in [0.2, 0.25) is 5.89 Å². The molecule has 1 aliphatic rings. The van der Waals surface area contributed by atoms with Gasteiger partial charge < -0.3 is 9.15 Å². The normalized spacial score (nSPS) is 12.8. The van der Waals surface area contributed by atoms with Crippen LogP contribution in [-0.4, -0.2) is 39.3 Å². The van der Waals surface area contributed by atoms with Crippen LogP contribution in [0.25, 0.3) is 11.6 Å². The number of amides is 2. The molecule has 0 bridgehead atoms. The summed E-state index contributed by atoms with van der Waals surface area (Å²) in [6, 6.07) is 6.56. The van der Waals surface area contributed by atoms with Crippen LogP contribution in [0.4, 0.5) is 16.4 Å². The summed E-state index contributed by atoms with van der Waals surface area (Å²) in [6.07, 6.45) is -0.713. The number of halogens is 1. The molecule has 10 nitrogen and oxygen atoms in total. The van der Waals surface area contributed by atoms with Crippen LogP contribution in [0, 0.1) is 6.92 Å². The Morgan fingerprint density at radius 2 is 2.14 bits per heavy atom. The summed E-state index contributed by atoms with van der Waals surface area (Å²) >= 11 is 6.00. The Bertz CT molecular complexity index is 1100. The molecule has 1 aliphatic heterocycles. The molecule has 0 radical (unpaired) electrons. The van der Waals surface area contributed by atoms with Gasteiger partial charge in [-0.1, -0.05) is 17.7 Å². The smallest absolute Gasteiger partial charge is 0.412 e. The SMILES string of the molecule is COC(=O)Nc1nc(Cl)cc2c1CN(c1cccc(-c3nnc(C)o3)n1)C2=O. The molecular weight excluding hydrogens is 388 g/mol. The quantitative estimate of drug-likeness (QED) is 0.665. The van der Waals surface area contributed by atoms with Crippen molar-refractivity contribution in [2.45, 2.75) is 13.5 Å². The van der Waals surface area contributed by atoms with Gasteiger partial charge in [0.05, 0.1) is 19.2 Å². The predicted octanol–water partition coefficient (Wildman–Crippen LogP) is 2.83. The zero-order valence-electron chi connectivity index (χ0n) is 14.8. The lowest BCUT2D eigenvalue weighted by Gasteiger charge is -2.15. The number of rotatable bonds is 3. The predicted molar refractivity (Wildman–Crippen MR) is 98.1 cm³/mol. The van der Waals surface area contributed by atoms with Crippen molar-refractivity contribution in [1.29, 1.82) is 0 Å². The minimum Gasteiger partial charge on any atom is -0.453 e. The van der Waals surface area contributed by atoms with Crippen molar-refractivity contribution >= 4 is 35.2 Å². The minimum absolute atomic E-state index is 0.0726. The number of nitrogens with one attached hydrogen (secondary N) is 1. The summed E-state index contributed by atoms with van der Waals surface area (Å²) in [6.45, 7) is 1.82. The van der Waals surface area contributed by atoms with Gasteiger partial charge in [0.15, 0.2) is 0 Å². The van der Waals surface area contributed by atoms with E-state index < -0.39 is 6.09 Å². The van der Waals surface area contributed by atoms with Crippen molar-refractivity contribution in [3.63, 3.8) is 0 Å². The van der Waals surface area contributed by atoms with Crippen LogP contribution in [0.1, 0.15) is 21.8 Å². The van der Waals surface area contributed by atoms with E-state index in [1.54, 1.807) is 25.1 Å². The maximum absolute atomic E-state index is 12.9. The molecule has 0 spiro atoms. The zero-order valence-corrected chi connectivity index (χ0v) is 15.5. The van der Waals surface area contributed by atoms with Crippen LogP contribution in [0.2, 0.25) is 5.15 Å². The van der Waals surface area contributed by atoms with Crippen molar-refractivity contribution in [3.05, 3.63) is 46.4 Å². The molecule has 11 heteroatoms. The van der Waals surface area contributed by atoms with E-state index in [2.05, 4.69) is 30.2 Å². The average molecular weight is 401 g/mol. The summed E-state index contributed by atoms with van der Waals surface area (Å²) < 4.78 is 9.98. The number of fused-ring (bicyclic) bond motifs is 1. The molecule has 3 aromatic rings. The lowest BCUT2D eigenvalue weighted by molar-refractivity contribution is 0.0996. The second kappa shape index (κ2) is 6.89. The number of pyridine rings is 2. The summed E-state index contributed by atoms with van der Waals surface area (Å²) in [5.74, 6) is 0.884. The van der Waals surface area contributed by atoms with Gasteiger partial charge in [-0.25, -0.2) is 14.8 Å². The van der Waals surface area contributed by atoms with Crippen LogP contribution < -0.4 is 10.2 Å². The highest BCUT2D eigenvalue weighted by atomic mass is 35.5. The number of ether oxygens (including phenoxy) is 1. The lowest BCUT2D eigenvalue weighted by Crippen LogP contribution is -2.24. The van der Waals surface area contributed by atoms with Crippen LogP contribution in [0.3, 0.4) is 0 Å². The van der Waals surface area contributed by atoms with Crippen molar-refractivity contribution in [3.8, 4) is 11.6 Å². The Labute approximate surface area is 163 Å². The van der Waals surface area contributed by atoms with E-state index >= 15 is 0 Å². The monoisotopic (exact) mass is 400 g/mol. The fourth-order valence-electron chi connectivity index (χ4n) is 2.80. The van der Waals surface area contributed by atoms with Gasteiger partial charge in [0, 0.05) is 12.5 Å². The molecule has 3 aromatic heterocycles. The first-order valence-corrected chi connectivity index (χ1v) is 8.48. The van der Waals surface area contributed by atoms with E-state index in [0.29, 0.717) is 28.5 Å². The third-order valence-corrected chi connectivity index (χ3v) is 4.24. The first-order chi connectivity index (χ1) is 13.5. The van der Waals surface area contributed by atoms with Crippen molar-refractivity contribution < 1.29 is 18.7 Å². The molecule has 0 aromatic carbocycles. The summed E-state index contributed by atoms with van der Waals surface area (Å²) in [7, 11) is 1.23. The Hall–Kier alpha value is -3.53. The third kappa shape index (κ3) is 3.14. The number of hydrogen-bond donors (Lipinski definition) is 1. The van der Waals surface area contributed by atoms with Gasteiger partial charge in [-0.05, 0) is 18.2 Å². The first kappa shape index (κ1) is 17.9. The van der Waals surface area contributed by atoms with Crippen molar-refractivity contribution in [2.24, 2.45) is 0 Å². The fourth-order valence-corrected chi connectivity index (χ4v) is 2.99. The number of carbonyl (C=O) groups is 2. The van der Waals surface area contributed by atoms with Gasteiger partial charge in [-0.15, -0.1) is 10.2 Å². The van der Waals surface area contributed by atoms with Gasteiger partial charge >= 0.3 is 6.09 Å². The van der Waals surface area contributed by atoms with Gasteiger partial charge in [0.25, 0.3) is 11.8 Å². The maximum Gasteiger partial charge on any atom is 0.412 e. The van der Waals surface area contributed by atoms with Gasteiger partial charge in [0.1, 0.15) is 22.5 Å². The van der Waals surface area contributed by atoms with Crippen LogP contribution in [-0.2, 0) is 11.3 Å². The standard InChI is InChI=1S/C17H13ClN6O4/c1-8-22-23-15(28-8)11-4-3-5-13(19-11)24-7-10-9(16(24)25)6-12(18)20-14(10)21-17(26)27-2/h3-6H,7H2,1-2H3,(H,20,21,26). The summed E-state index contributed by atoms with van der Waals surface area (Å²) in [4.78, 5) is 34.5. The van der Waals surface area contributed by atoms with Crippen LogP contribution in [0.5, 0.6) is 0 Å². The van der Waals surface area contributed by atoms with E-state index in [-0.39, 0.29) is 29.3 Å². The number of hydrogen-bond acceptors (Lipinski definition) is 8. The van der Waals surface area contributed by atoms with E-state index in [4.69, 9.17) is 16.0 Å². The van der Waals surface area contributed by atoms with Crippen LogP contribution in [0.15, 0.2) is 28.7 Å². The summed E-state index contributed by atoms with van der Waals surface area (Å²) in [5, 5.41) is 10.3. The van der Waals surface area contributed by atoms with E-state index in [9.17, 15) is 9.59 Å². The highest BCUT2D eigenvalue weighted by Crippen LogP contribution is 2.33. The molecule has 0 aliphatic carbocycles. The molecule has 4 heterocycles. The molecule has 142 valence electrons. The Kier molecular flexibility index (Phi) is 4.40. The molecule has 0 unspecified atom stereocenters. The molecule has 0 saturated carbocycles. The van der Waals surface area contributed by atoms with E-state index in [1.165, 1.54) is 18.1 Å². The molecule has 28 heavy (non-hydrogen) atoms. The fraction of sp³-hybridized carbons (Fsp3) is 0.176. The number of methoxy groups -OCH3 is 1. The number of aryl methyl sites for hydroxylation is 1. The average Bonchev–Trinajstić information content (AvgIpc) is 3.26. The first-order valence-electron chi connectivity index (χ1n) is 8.10. The topological polar surface area (TPSA) is 123 Å². The highest BCUT2D eigenvalue weighted by molar-refractivity contribution is 6.30. The van der Waals surface area contributed by atoms with E-state index in [1.807, 2.05) is 0 Å². The number of anilines is 2. The molecule has 0 atom stereocenters. The highest BCUT2D eigenvalue weighted by Gasteiger charge is 2.33. The molecule has 0 saturated heterocycles. The Balaban J connectivity index is 1.70. The van der Waals surface area contributed by atoms with Crippen molar-refractivity contribution in [2.75, 3.05) is 17.3 Å². The molecule has 1 N–H and O–H groups in total. The Morgan fingerprint density at radius 3 is 2.86 bits per heavy atom. The summed E-state index contributed by atoms with van der Waals surface area (Å²) in [5.41, 5.74) is 1.28. The second-order valence-corrected chi connectivity index (χ2v) is 6.22.